The fraction of sp³-hybridized carbons (Fsp3) is 0.467. The van der Waals surface area contributed by atoms with Crippen molar-refractivity contribution in [3.8, 4) is 5.75 Å². The third kappa shape index (κ3) is 3.26. The second-order valence-corrected chi connectivity index (χ2v) is 4.92. The molecule has 1 aromatic rings. The van der Waals surface area contributed by atoms with Crippen LogP contribution in [0.15, 0.2) is 24.3 Å². The molecule has 0 saturated heterocycles. The number of rotatable bonds is 5. The molecule has 0 aliphatic carbocycles. The maximum atomic E-state index is 12.3. The van der Waals surface area contributed by atoms with Crippen LogP contribution in [-0.2, 0) is 9.59 Å². The Morgan fingerprint density at radius 1 is 1.33 bits per heavy atom. The number of ether oxygens (including phenoxy) is 1. The molecule has 0 fully saturated rings. The zero-order chi connectivity index (χ0) is 15.4. The van der Waals surface area contributed by atoms with Gasteiger partial charge in [0.25, 0.3) is 5.91 Å². The minimum atomic E-state index is -0.732. The summed E-state index contributed by atoms with van der Waals surface area (Å²) in [5, 5.41) is 0. The largest absolute Gasteiger partial charge is 0.477 e. The average molecular weight is 291 g/mol. The second kappa shape index (κ2) is 6.47. The molecule has 1 aromatic carbocycles. The highest BCUT2D eigenvalue weighted by atomic mass is 16.5. The quantitative estimate of drug-likeness (QED) is 0.862. The average Bonchev–Trinajstić information content (AvgIpc) is 2.48. The molecule has 2 amide bonds. The molecule has 0 aromatic heterocycles. The highest BCUT2D eigenvalue weighted by molar-refractivity contribution is 5.85. The van der Waals surface area contributed by atoms with Crippen molar-refractivity contribution in [3.05, 3.63) is 24.3 Å². The summed E-state index contributed by atoms with van der Waals surface area (Å²) in [6.07, 6.45) is -0.732. The number of hydrogen-bond donors (Lipinski definition) is 1. The van der Waals surface area contributed by atoms with E-state index in [2.05, 4.69) is 0 Å². The van der Waals surface area contributed by atoms with Gasteiger partial charge in [-0.1, -0.05) is 12.1 Å². The first-order valence-electron chi connectivity index (χ1n) is 7.14. The minimum absolute atomic E-state index is 0.0277. The van der Waals surface area contributed by atoms with Gasteiger partial charge in [0.2, 0.25) is 5.91 Å². The van der Waals surface area contributed by atoms with Gasteiger partial charge in [-0.05, 0) is 26.0 Å². The first-order valence-corrected chi connectivity index (χ1v) is 7.14. The third-order valence-electron chi connectivity index (χ3n) is 3.62. The second-order valence-electron chi connectivity index (χ2n) is 4.92. The summed E-state index contributed by atoms with van der Waals surface area (Å²) in [5.74, 6) is 0.0876. The van der Waals surface area contributed by atoms with Crippen LogP contribution in [0.5, 0.6) is 5.75 Å². The van der Waals surface area contributed by atoms with Crippen molar-refractivity contribution in [2.75, 3.05) is 31.1 Å². The lowest BCUT2D eigenvalue weighted by atomic mass is 10.1. The lowest BCUT2D eigenvalue weighted by molar-refractivity contribution is -0.130. The van der Waals surface area contributed by atoms with Gasteiger partial charge in [-0.3, -0.25) is 9.59 Å². The molecule has 21 heavy (non-hydrogen) atoms. The molecule has 2 N–H and O–H groups in total. The van der Waals surface area contributed by atoms with Gasteiger partial charge in [0.1, 0.15) is 5.75 Å². The van der Waals surface area contributed by atoms with Crippen LogP contribution in [0, 0.1) is 0 Å². The van der Waals surface area contributed by atoms with E-state index < -0.39 is 12.0 Å². The van der Waals surface area contributed by atoms with Gasteiger partial charge in [-0.25, -0.2) is 0 Å². The molecular weight excluding hydrogens is 270 g/mol. The van der Waals surface area contributed by atoms with Gasteiger partial charge in [0.15, 0.2) is 6.10 Å². The number of carbonyl (C=O) groups excluding carboxylic acids is 2. The zero-order valence-corrected chi connectivity index (χ0v) is 12.4. The minimum Gasteiger partial charge on any atom is -0.477 e. The van der Waals surface area contributed by atoms with Crippen molar-refractivity contribution in [1.29, 1.82) is 0 Å². The molecule has 0 bridgehead atoms. The summed E-state index contributed by atoms with van der Waals surface area (Å²) >= 11 is 0. The SMILES string of the molecule is CCN(CC)C(=O)CN1C[C@H](C(N)=O)Oc2ccccc21. The summed E-state index contributed by atoms with van der Waals surface area (Å²) < 4.78 is 5.58. The van der Waals surface area contributed by atoms with E-state index in [0.717, 1.165) is 5.69 Å². The van der Waals surface area contributed by atoms with E-state index in [4.69, 9.17) is 10.5 Å². The molecule has 1 aliphatic heterocycles. The van der Waals surface area contributed by atoms with Gasteiger partial charge in [0, 0.05) is 13.1 Å². The van der Waals surface area contributed by atoms with Crippen LogP contribution in [0.25, 0.3) is 0 Å². The Morgan fingerprint density at radius 3 is 2.62 bits per heavy atom. The molecule has 0 saturated carbocycles. The monoisotopic (exact) mass is 291 g/mol. The van der Waals surface area contributed by atoms with Gasteiger partial charge in [-0.2, -0.15) is 0 Å². The van der Waals surface area contributed by atoms with Gasteiger partial charge in [-0.15, -0.1) is 0 Å². The highest BCUT2D eigenvalue weighted by Crippen LogP contribution is 2.32. The van der Waals surface area contributed by atoms with Crippen LogP contribution in [0.2, 0.25) is 0 Å². The number of primary amides is 1. The predicted octanol–water partition coefficient (Wildman–Crippen LogP) is 0.608. The van der Waals surface area contributed by atoms with E-state index in [-0.39, 0.29) is 12.5 Å². The predicted molar refractivity (Wildman–Crippen MR) is 80.2 cm³/mol. The van der Waals surface area contributed by atoms with Crippen molar-refractivity contribution < 1.29 is 14.3 Å². The highest BCUT2D eigenvalue weighted by Gasteiger charge is 2.30. The molecule has 0 unspecified atom stereocenters. The fourth-order valence-corrected chi connectivity index (χ4v) is 2.44. The maximum Gasteiger partial charge on any atom is 0.260 e. The smallest absolute Gasteiger partial charge is 0.260 e. The number of para-hydroxylation sites is 2. The van der Waals surface area contributed by atoms with Crippen LogP contribution in [-0.4, -0.2) is 49.0 Å². The molecular formula is C15H21N3O3. The van der Waals surface area contributed by atoms with Crippen molar-refractivity contribution in [1.82, 2.24) is 4.90 Å². The van der Waals surface area contributed by atoms with Crippen LogP contribution in [0.3, 0.4) is 0 Å². The lowest BCUT2D eigenvalue weighted by Gasteiger charge is -2.35. The van der Waals surface area contributed by atoms with Crippen molar-refractivity contribution in [3.63, 3.8) is 0 Å². The molecule has 1 heterocycles. The van der Waals surface area contributed by atoms with Gasteiger partial charge in [0.05, 0.1) is 18.8 Å². The van der Waals surface area contributed by atoms with Crippen molar-refractivity contribution in [2.45, 2.75) is 20.0 Å². The fourth-order valence-electron chi connectivity index (χ4n) is 2.44. The summed E-state index contributed by atoms with van der Waals surface area (Å²) in [4.78, 5) is 27.3. The lowest BCUT2D eigenvalue weighted by Crippen LogP contribution is -2.50. The number of hydrogen-bond acceptors (Lipinski definition) is 4. The maximum absolute atomic E-state index is 12.3. The third-order valence-corrected chi connectivity index (χ3v) is 3.62. The Labute approximate surface area is 124 Å². The normalized spacial score (nSPS) is 16.9. The van der Waals surface area contributed by atoms with Crippen LogP contribution in [0.1, 0.15) is 13.8 Å². The molecule has 1 atom stereocenters. The van der Waals surface area contributed by atoms with Crippen LogP contribution < -0.4 is 15.4 Å². The first-order chi connectivity index (χ1) is 10.1. The number of benzene rings is 1. The molecule has 114 valence electrons. The number of nitrogens with zero attached hydrogens (tertiary/aromatic N) is 2. The van der Waals surface area contributed by atoms with Crippen LogP contribution in [0.4, 0.5) is 5.69 Å². The van der Waals surface area contributed by atoms with Crippen LogP contribution >= 0.6 is 0 Å². The molecule has 6 nitrogen and oxygen atoms in total. The summed E-state index contributed by atoms with van der Waals surface area (Å²) in [6.45, 7) is 5.73. The molecule has 0 radical (unpaired) electrons. The number of nitrogens with two attached hydrogens (primary N) is 1. The van der Waals surface area contributed by atoms with E-state index in [1.54, 1.807) is 11.0 Å². The summed E-state index contributed by atoms with van der Waals surface area (Å²) in [5.41, 5.74) is 6.16. The van der Waals surface area contributed by atoms with E-state index in [9.17, 15) is 9.59 Å². The Kier molecular flexibility index (Phi) is 4.67. The van der Waals surface area contributed by atoms with E-state index in [1.807, 2.05) is 36.9 Å². The van der Waals surface area contributed by atoms with Crippen molar-refractivity contribution in [2.24, 2.45) is 5.73 Å². The number of likely N-dealkylation sites (N-methyl/N-ethyl adjacent to an activating group) is 1. The Morgan fingerprint density at radius 2 is 2.00 bits per heavy atom. The number of amides is 2. The van der Waals surface area contributed by atoms with Gasteiger partial charge < -0.3 is 20.3 Å². The first kappa shape index (κ1) is 15.2. The van der Waals surface area contributed by atoms with E-state index >= 15 is 0 Å². The Bertz CT molecular complexity index is 529. The number of fused-ring (bicyclic) bond motifs is 1. The van der Waals surface area contributed by atoms with E-state index in [1.165, 1.54) is 0 Å². The molecule has 2 rings (SSSR count). The Balaban J connectivity index is 2.21. The summed E-state index contributed by atoms with van der Waals surface area (Å²) in [7, 11) is 0. The Hall–Kier alpha value is -2.24. The molecule has 1 aliphatic rings. The summed E-state index contributed by atoms with van der Waals surface area (Å²) in [6, 6.07) is 7.36. The van der Waals surface area contributed by atoms with Crippen molar-refractivity contribution >= 4 is 17.5 Å². The number of carbonyl (C=O) groups is 2. The van der Waals surface area contributed by atoms with Gasteiger partial charge >= 0.3 is 0 Å². The zero-order valence-electron chi connectivity index (χ0n) is 12.4. The standard InChI is InChI=1S/C15H21N3O3/c1-3-17(4-2)14(19)10-18-9-13(15(16)20)21-12-8-6-5-7-11(12)18/h5-8,13H,3-4,9-10H2,1-2H3,(H2,16,20)/t13-/m1/s1. The topological polar surface area (TPSA) is 75.9 Å². The molecule has 6 heteroatoms. The number of anilines is 1. The molecule has 0 spiro atoms. The van der Waals surface area contributed by atoms with E-state index in [0.29, 0.717) is 25.4 Å².